The van der Waals surface area contributed by atoms with Crippen LogP contribution in [0.4, 0.5) is 0 Å². The molecule has 0 spiro atoms. The summed E-state index contributed by atoms with van der Waals surface area (Å²) in [5.74, 6) is -0.350. The van der Waals surface area contributed by atoms with E-state index in [0.29, 0.717) is 12.5 Å². The molecule has 0 atom stereocenters. The first-order valence-corrected chi connectivity index (χ1v) is 3.66. The van der Waals surface area contributed by atoms with Crippen LogP contribution in [0.1, 0.15) is 0 Å². The van der Waals surface area contributed by atoms with Gasteiger partial charge in [0.25, 0.3) is 0 Å². The lowest BCUT2D eigenvalue weighted by Gasteiger charge is -2.35. The van der Waals surface area contributed by atoms with E-state index in [1.165, 1.54) is 0 Å². The van der Waals surface area contributed by atoms with Crippen molar-refractivity contribution in [1.82, 2.24) is 4.90 Å². The third-order valence-electron chi connectivity index (χ3n) is 1.72. The van der Waals surface area contributed by atoms with E-state index >= 15 is 0 Å². The van der Waals surface area contributed by atoms with E-state index < -0.39 is 5.97 Å². The van der Waals surface area contributed by atoms with E-state index in [9.17, 15) is 4.79 Å². The minimum Gasteiger partial charge on any atom is -0.480 e. The fraction of sp³-hybridized carbons (Fsp3) is 0.857. The van der Waals surface area contributed by atoms with Gasteiger partial charge in [0.1, 0.15) is 6.61 Å². The molecule has 0 aromatic heterocycles. The predicted octanol–water partition coefficient (Wildman–Crippen LogP) is -0.351. The van der Waals surface area contributed by atoms with Crippen molar-refractivity contribution in [3.05, 3.63) is 0 Å². The van der Waals surface area contributed by atoms with E-state index in [1.54, 1.807) is 0 Å². The van der Waals surface area contributed by atoms with Crippen molar-refractivity contribution in [2.75, 3.05) is 33.4 Å². The minimum atomic E-state index is -0.891. The van der Waals surface area contributed by atoms with Gasteiger partial charge in [0, 0.05) is 19.0 Å². The van der Waals surface area contributed by atoms with Crippen molar-refractivity contribution in [3.63, 3.8) is 0 Å². The Morgan fingerprint density at radius 3 is 2.82 bits per heavy atom. The zero-order chi connectivity index (χ0) is 8.27. The summed E-state index contributed by atoms with van der Waals surface area (Å²) in [4.78, 5) is 12.2. The molecule has 1 aliphatic heterocycles. The van der Waals surface area contributed by atoms with Gasteiger partial charge in [0.2, 0.25) is 0 Å². The fourth-order valence-corrected chi connectivity index (χ4v) is 1.25. The van der Waals surface area contributed by atoms with Gasteiger partial charge in [-0.05, 0) is 7.05 Å². The maximum absolute atomic E-state index is 10.0. The average Bonchev–Trinajstić information content (AvgIpc) is 1.83. The van der Waals surface area contributed by atoms with E-state index in [1.807, 2.05) is 7.05 Å². The molecule has 0 aromatic carbocycles. The van der Waals surface area contributed by atoms with Gasteiger partial charge in [-0.3, -0.25) is 0 Å². The summed E-state index contributed by atoms with van der Waals surface area (Å²) in [5, 5.41) is 8.23. The molecule has 0 bridgehead atoms. The maximum atomic E-state index is 10.0. The van der Waals surface area contributed by atoms with E-state index in [-0.39, 0.29) is 6.61 Å². The summed E-state index contributed by atoms with van der Waals surface area (Å²) in [6, 6.07) is 0. The van der Waals surface area contributed by atoms with Crippen LogP contribution in [-0.4, -0.2) is 49.3 Å². The molecule has 1 N–H and O–H groups in total. The summed E-state index contributed by atoms with van der Waals surface area (Å²) >= 11 is 0. The molecule has 0 saturated carbocycles. The van der Waals surface area contributed by atoms with Crippen LogP contribution in [0.5, 0.6) is 0 Å². The van der Waals surface area contributed by atoms with Gasteiger partial charge < -0.3 is 14.7 Å². The third-order valence-corrected chi connectivity index (χ3v) is 1.72. The maximum Gasteiger partial charge on any atom is 0.329 e. The van der Waals surface area contributed by atoms with Crippen molar-refractivity contribution in [3.8, 4) is 0 Å². The van der Waals surface area contributed by atoms with Gasteiger partial charge in [0.05, 0.1) is 6.61 Å². The van der Waals surface area contributed by atoms with Crippen LogP contribution in [0.2, 0.25) is 0 Å². The van der Waals surface area contributed by atoms with Crippen LogP contribution in [-0.2, 0) is 9.53 Å². The molecule has 1 saturated heterocycles. The Labute approximate surface area is 65.8 Å². The number of carbonyl (C=O) groups is 1. The number of nitrogens with zero attached hydrogens (tertiary/aromatic N) is 1. The van der Waals surface area contributed by atoms with Gasteiger partial charge in [0.15, 0.2) is 0 Å². The molecule has 0 amide bonds. The van der Waals surface area contributed by atoms with Crippen molar-refractivity contribution >= 4 is 5.97 Å². The van der Waals surface area contributed by atoms with Crippen LogP contribution < -0.4 is 0 Å². The second-order valence-electron chi connectivity index (χ2n) is 3.00. The monoisotopic (exact) mass is 159 g/mol. The zero-order valence-corrected chi connectivity index (χ0v) is 6.62. The molecule has 0 radical (unpaired) electrons. The third kappa shape index (κ3) is 2.86. The van der Waals surface area contributed by atoms with E-state index in [2.05, 4.69) is 4.90 Å². The Morgan fingerprint density at radius 1 is 1.73 bits per heavy atom. The van der Waals surface area contributed by atoms with E-state index in [0.717, 1.165) is 13.1 Å². The van der Waals surface area contributed by atoms with Gasteiger partial charge in [-0.15, -0.1) is 0 Å². The average molecular weight is 159 g/mol. The highest BCUT2D eigenvalue weighted by Gasteiger charge is 2.22. The van der Waals surface area contributed by atoms with Gasteiger partial charge in [-0.2, -0.15) is 0 Å². The van der Waals surface area contributed by atoms with Crippen LogP contribution in [0.15, 0.2) is 0 Å². The number of aliphatic carboxylic acids is 1. The first kappa shape index (κ1) is 8.49. The van der Waals surface area contributed by atoms with Crippen molar-refractivity contribution in [2.24, 2.45) is 5.92 Å². The molecule has 11 heavy (non-hydrogen) atoms. The van der Waals surface area contributed by atoms with Gasteiger partial charge >= 0.3 is 5.97 Å². The standard InChI is InChI=1S/C7H13NO3/c1-8-2-6(3-8)4-11-5-7(9)10/h6H,2-5H2,1H3,(H,9,10). The number of rotatable bonds is 4. The number of carboxylic acids is 1. The van der Waals surface area contributed by atoms with Crippen molar-refractivity contribution < 1.29 is 14.6 Å². The first-order chi connectivity index (χ1) is 5.18. The molecule has 0 aliphatic carbocycles. The molecule has 1 heterocycles. The lowest BCUT2D eigenvalue weighted by atomic mass is 10.0. The quantitative estimate of drug-likeness (QED) is 0.609. The number of carboxylic acid groups (broad SMARTS) is 1. The molecule has 4 heteroatoms. The minimum absolute atomic E-state index is 0.166. The highest BCUT2D eigenvalue weighted by molar-refractivity contribution is 5.67. The van der Waals surface area contributed by atoms with Crippen LogP contribution in [0, 0.1) is 5.92 Å². The van der Waals surface area contributed by atoms with Crippen LogP contribution in [0.3, 0.4) is 0 Å². The van der Waals surface area contributed by atoms with Crippen molar-refractivity contribution in [2.45, 2.75) is 0 Å². The predicted molar refractivity (Wildman–Crippen MR) is 39.4 cm³/mol. The molecule has 1 fully saturated rings. The summed E-state index contributed by atoms with van der Waals surface area (Å²) < 4.78 is 4.92. The molecule has 0 unspecified atom stereocenters. The summed E-state index contributed by atoms with van der Waals surface area (Å²) in [5.41, 5.74) is 0. The fourth-order valence-electron chi connectivity index (χ4n) is 1.25. The number of hydrogen-bond acceptors (Lipinski definition) is 3. The second kappa shape index (κ2) is 3.69. The molecular weight excluding hydrogens is 146 g/mol. The highest BCUT2D eigenvalue weighted by Crippen LogP contribution is 2.12. The smallest absolute Gasteiger partial charge is 0.329 e. The van der Waals surface area contributed by atoms with Crippen molar-refractivity contribution in [1.29, 1.82) is 0 Å². The Balaban J connectivity index is 1.92. The number of hydrogen-bond donors (Lipinski definition) is 1. The lowest BCUT2D eigenvalue weighted by molar-refractivity contribution is -0.143. The normalized spacial score (nSPS) is 19.7. The van der Waals surface area contributed by atoms with E-state index in [4.69, 9.17) is 9.84 Å². The van der Waals surface area contributed by atoms with Gasteiger partial charge in [-0.25, -0.2) is 4.79 Å². The molecule has 0 aromatic rings. The first-order valence-electron chi connectivity index (χ1n) is 3.66. The largest absolute Gasteiger partial charge is 0.480 e. The zero-order valence-electron chi connectivity index (χ0n) is 6.62. The van der Waals surface area contributed by atoms with Crippen LogP contribution in [0.25, 0.3) is 0 Å². The Morgan fingerprint density at radius 2 is 2.36 bits per heavy atom. The summed E-state index contributed by atoms with van der Waals surface area (Å²) in [6.07, 6.45) is 0. The number of ether oxygens (including phenoxy) is 1. The van der Waals surface area contributed by atoms with Gasteiger partial charge in [-0.1, -0.05) is 0 Å². The number of likely N-dealkylation sites (tertiary alicyclic amines) is 1. The molecule has 64 valence electrons. The lowest BCUT2D eigenvalue weighted by Crippen LogP contribution is -2.46. The molecule has 1 rings (SSSR count). The SMILES string of the molecule is CN1CC(COCC(=O)O)C1. The molecule has 4 nitrogen and oxygen atoms in total. The summed E-state index contributed by atoms with van der Waals surface area (Å²) in [7, 11) is 2.04. The Hall–Kier alpha value is -0.610. The molecular formula is C7H13NO3. The summed E-state index contributed by atoms with van der Waals surface area (Å²) in [6.45, 7) is 2.47. The Bertz CT molecular complexity index is 143. The van der Waals surface area contributed by atoms with Crippen LogP contribution >= 0.6 is 0 Å². The molecule has 1 aliphatic rings. The topological polar surface area (TPSA) is 49.8 Å². The highest BCUT2D eigenvalue weighted by atomic mass is 16.5. The second-order valence-corrected chi connectivity index (χ2v) is 3.00. The Kier molecular flexibility index (Phi) is 2.84.